The summed E-state index contributed by atoms with van der Waals surface area (Å²) < 4.78 is 25.7. The summed E-state index contributed by atoms with van der Waals surface area (Å²) in [6.45, 7) is 0.328. The van der Waals surface area contributed by atoms with Gasteiger partial charge in [0.1, 0.15) is 5.25 Å². The van der Waals surface area contributed by atoms with Gasteiger partial charge in [-0.1, -0.05) is 0 Å². The third-order valence-electron chi connectivity index (χ3n) is 3.36. The average Bonchev–Trinajstić information content (AvgIpc) is 3.01. The molecule has 2 heterocycles. The van der Waals surface area contributed by atoms with Crippen LogP contribution in [0.25, 0.3) is 0 Å². The molecule has 0 aromatic carbocycles. The van der Waals surface area contributed by atoms with Crippen molar-refractivity contribution < 1.29 is 13.6 Å². The van der Waals surface area contributed by atoms with Crippen LogP contribution in [0.2, 0.25) is 0 Å². The zero-order chi connectivity index (χ0) is 12.0. The van der Waals surface area contributed by atoms with Crippen LogP contribution in [0.4, 0.5) is 0 Å². The fourth-order valence-corrected chi connectivity index (χ4v) is 3.83. The van der Waals surface area contributed by atoms with Crippen LogP contribution >= 0.6 is 0 Å². The van der Waals surface area contributed by atoms with Crippen LogP contribution in [0.15, 0.2) is 12.4 Å². The van der Waals surface area contributed by atoms with Crippen molar-refractivity contribution in [1.29, 1.82) is 0 Å². The number of rotatable bonds is 2. The van der Waals surface area contributed by atoms with Gasteiger partial charge < -0.3 is 5.21 Å². The van der Waals surface area contributed by atoms with E-state index in [9.17, 15) is 13.6 Å². The minimum atomic E-state index is -3.16. The second kappa shape index (κ2) is 3.79. The fourth-order valence-electron chi connectivity index (χ4n) is 2.14. The van der Waals surface area contributed by atoms with Crippen molar-refractivity contribution in [1.82, 2.24) is 14.8 Å². The van der Waals surface area contributed by atoms with Crippen LogP contribution in [-0.2, 0) is 9.84 Å². The van der Waals surface area contributed by atoms with Crippen molar-refractivity contribution in [2.45, 2.75) is 24.1 Å². The molecular formula is C10H15N3O3S. The molecule has 1 aromatic rings. The number of nitrogens with zero attached hydrogens (tertiary/aromatic N) is 3. The maximum atomic E-state index is 11.9. The van der Waals surface area contributed by atoms with Gasteiger partial charge >= 0.3 is 0 Å². The van der Waals surface area contributed by atoms with Crippen molar-refractivity contribution >= 4 is 9.84 Å². The zero-order valence-corrected chi connectivity index (χ0v) is 10.2. The molecule has 0 amide bonds. The summed E-state index contributed by atoms with van der Waals surface area (Å²) in [4.78, 5) is 0. The van der Waals surface area contributed by atoms with E-state index in [1.165, 1.54) is 0 Å². The first-order valence-corrected chi connectivity index (χ1v) is 7.47. The minimum Gasteiger partial charge on any atom is -0.314 e. The van der Waals surface area contributed by atoms with Crippen molar-refractivity contribution in [2.75, 3.05) is 18.8 Å². The highest BCUT2D eigenvalue weighted by Crippen LogP contribution is 2.35. The number of hydrogen-bond donors (Lipinski definition) is 1. The van der Waals surface area contributed by atoms with Crippen LogP contribution in [0, 0.1) is 0 Å². The normalized spacial score (nSPS) is 29.4. The van der Waals surface area contributed by atoms with Gasteiger partial charge in [0, 0.05) is 24.8 Å². The maximum Gasteiger partial charge on any atom is 0.160 e. The van der Waals surface area contributed by atoms with Crippen LogP contribution in [0.1, 0.15) is 29.7 Å². The highest BCUT2D eigenvalue weighted by molar-refractivity contribution is 7.91. The molecule has 3 rings (SSSR count). The Morgan fingerprint density at radius 3 is 2.88 bits per heavy atom. The summed E-state index contributed by atoms with van der Waals surface area (Å²) in [5.41, 5.74) is 0.690. The molecule has 1 unspecified atom stereocenters. The second-order valence-corrected chi connectivity index (χ2v) is 7.06. The number of hydroxylamine groups is 2. The van der Waals surface area contributed by atoms with E-state index in [0.717, 1.165) is 17.9 Å². The number of hydrogen-bond acceptors (Lipinski definition) is 5. The molecule has 6 nitrogen and oxygen atoms in total. The van der Waals surface area contributed by atoms with Crippen molar-refractivity contribution in [2.24, 2.45) is 0 Å². The zero-order valence-electron chi connectivity index (χ0n) is 9.36. The summed E-state index contributed by atoms with van der Waals surface area (Å²) in [5.74, 6) is 0.00275. The molecule has 94 valence electrons. The molecule has 2 aliphatic rings. The Bertz CT molecular complexity index is 521. The van der Waals surface area contributed by atoms with E-state index >= 15 is 0 Å². The Morgan fingerprint density at radius 1 is 1.41 bits per heavy atom. The molecule has 2 fully saturated rings. The van der Waals surface area contributed by atoms with E-state index in [1.54, 1.807) is 12.4 Å². The maximum absolute atomic E-state index is 11.9. The van der Waals surface area contributed by atoms with Gasteiger partial charge in [0.25, 0.3) is 0 Å². The second-order valence-electron chi connectivity index (χ2n) is 4.75. The molecule has 1 atom stereocenters. The van der Waals surface area contributed by atoms with Gasteiger partial charge in [0.2, 0.25) is 0 Å². The topological polar surface area (TPSA) is 75.4 Å². The lowest BCUT2D eigenvalue weighted by Gasteiger charge is -2.27. The van der Waals surface area contributed by atoms with Crippen molar-refractivity contribution in [3.8, 4) is 0 Å². The first kappa shape index (κ1) is 11.2. The third-order valence-corrected chi connectivity index (χ3v) is 5.40. The van der Waals surface area contributed by atoms with Crippen LogP contribution in [-0.4, -0.2) is 47.3 Å². The first-order valence-electron chi connectivity index (χ1n) is 5.76. The van der Waals surface area contributed by atoms with Crippen molar-refractivity contribution in [3.63, 3.8) is 0 Å². The monoisotopic (exact) mass is 257 g/mol. The summed E-state index contributed by atoms with van der Waals surface area (Å²) in [6.07, 6.45) is 5.65. The van der Waals surface area contributed by atoms with E-state index < -0.39 is 15.1 Å². The van der Waals surface area contributed by atoms with E-state index in [0.29, 0.717) is 11.6 Å². The minimum absolute atomic E-state index is 0.00275. The Balaban J connectivity index is 1.89. The van der Waals surface area contributed by atoms with Gasteiger partial charge in [-0.05, 0) is 12.8 Å². The van der Waals surface area contributed by atoms with Crippen molar-refractivity contribution in [3.05, 3.63) is 18.0 Å². The molecule has 1 aliphatic carbocycles. The number of sulfone groups is 1. The smallest absolute Gasteiger partial charge is 0.160 e. The predicted octanol–water partition coefficient (Wildman–Crippen LogP) is 0.379. The van der Waals surface area contributed by atoms with Crippen LogP contribution in [0.5, 0.6) is 0 Å². The van der Waals surface area contributed by atoms with E-state index in [4.69, 9.17) is 0 Å². The molecule has 1 aromatic heterocycles. The molecular weight excluding hydrogens is 242 g/mol. The molecule has 0 spiro atoms. The highest BCUT2D eigenvalue weighted by Gasteiger charge is 2.35. The SMILES string of the molecule is O=S1(=O)CCN(O)CC1c1cnn(C2CC2)c1. The van der Waals surface area contributed by atoms with E-state index in [1.807, 2.05) is 4.68 Å². The van der Waals surface area contributed by atoms with E-state index in [-0.39, 0.29) is 18.8 Å². The molecule has 0 radical (unpaired) electrons. The molecule has 7 heteroatoms. The largest absolute Gasteiger partial charge is 0.314 e. The van der Waals surface area contributed by atoms with Gasteiger partial charge in [-0.2, -0.15) is 10.2 Å². The van der Waals surface area contributed by atoms with Gasteiger partial charge in [0.05, 0.1) is 18.0 Å². The highest BCUT2D eigenvalue weighted by atomic mass is 32.2. The van der Waals surface area contributed by atoms with Crippen LogP contribution < -0.4 is 0 Å². The lowest BCUT2D eigenvalue weighted by Crippen LogP contribution is -2.40. The van der Waals surface area contributed by atoms with Gasteiger partial charge in [-0.15, -0.1) is 0 Å². The molecule has 1 saturated heterocycles. The predicted molar refractivity (Wildman–Crippen MR) is 60.4 cm³/mol. The van der Waals surface area contributed by atoms with Gasteiger partial charge in [0.15, 0.2) is 9.84 Å². The van der Waals surface area contributed by atoms with Crippen LogP contribution in [0.3, 0.4) is 0 Å². The van der Waals surface area contributed by atoms with Gasteiger partial charge in [-0.25, -0.2) is 8.42 Å². The Hall–Kier alpha value is -0.920. The Kier molecular flexibility index (Phi) is 2.49. The third kappa shape index (κ3) is 2.10. The van der Waals surface area contributed by atoms with Gasteiger partial charge in [-0.3, -0.25) is 4.68 Å². The standard InChI is InChI=1S/C10H15N3O3S/c14-12-3-4-17(15,16)10(7-12)8-5-11-13(6-8)9-1-2-9/h5-6,9-10,14H,1-4,7H2. The number of aromatic nitrogens is 2. The lowest BCUT2D eigenvalue weighted by atomic mass is 10.2. The molecule has 1 N–H and O–H groups in total. The summed E-state index contributed by atoms with van der Waals surface area (Å²) >= 11 is 0. The Morgan fingerprint density at radius 2 is 2.18 bits per heavy atom. The molecule has 0 bridgehead atoms. The average molecular weight is 257 g/mol. The summed E-state index contributed by atoms with van der Waals surface area (Å²) in [7, 11) is -3.16. The molecule has 1 aliphatic heterocycles. The summed E-state index contributed by atoms with van der Waals surface area (Å²) in [5, 5.41) is 14.1. The first-order chi connectivity index (χ1) is 8.06. The fraction of sp³-hybridized carbons (Fsp3) is 0.700. The molecule has 1 saturated carbocycles. The summed E-state index contributed by atoms with van der Waals surface area (Å²) in [6, 6.07) is 0.445. The lowest BCUT2D eigenvalue weighted by molar-refractivity contribution is -0.0888. The molecule has 17 heavy (non-hydrogen) atoms. The van der Waals surface area contributed by atoms with E-state index in [2.05, 4.69) is 5.10 Å². The quantitative estimate of drug-likeness (QED) is 0.829. The Labute approximate surface area is 99.7 Å².